The first-order valence-corrected chi connectivity index (χ1v) is 13.3. The lowest BCUT2D eigenvalue weighted by atomic mass is 9.83. The van der Waals surface area contributed by atoms with E-state index in [1.54, 1.807) is 0 Å². The maximum atomic E-state index is 15.4. The SMILES string of the molecule is [C-]#[N+]c1ccc(C(=O)Cc2ccc(F)c([C@]3(C(F)F)C[C@@H](C)OC(N(C(=O)OC(C)(C)C)C(=O)OC(C)(C)C)=N3)c2)nc1. The number of aliphatic imine (C=N–C) groups is 1. The average Bonchev–Trinajstić information content (AvgIpc) is 2.87. The molecule has 0 bridgehead atoms. The largest absolute Gasteiger partial charge is 0.461 e. The Hall–Kier alpha value is -4.47. The van der Waals surface area contributed by atoms with Crippen molar-refractivity contribution in [1.29, 1.82) is 0 Å². The van der Waals surface area contributed by atoms with Gasteiger partial charge >= 0.3 is 18.2 Å². The molecule has 2 aromatic rings. The molecule has 0 aliphatic carbocycles. The van der Waals surface area contributed by atoms with E-state index >= 15 is 13.2 Å². The van der Waals surface area contributed by atoms with Crippen LogP contribution >= 0.6 is 0 Å². The molecule has 0 N–H and O–H groups in total. The second kappa shape index (κ2) is 12.4. The number of hydrogen-bond acceptors (Lipinski definition) is 8. The molecule has 13 heteroatoms. The van der Waals surface area contributed by atoms with Crippen LogP contribution in [0.25, 0.3) is 4.85 Å². The minimum Gasteiger partial charge on any atom is -0.461 e. The van der Waals surface area contributed by atoms with E-state index < -0.39 is 71.1 Å². The van der Waals surface area contributed by atoms with E-state index in [0.717, 1.165) is 12.1 Å². The van der Waals surface area contributed by atoms with Gasteiger partial charge in [0, 0.05) is 24.6 Å². The summed E-state index contributed by atoms with van der Waals surface area (Å²) >= 11 is 0. The predicted molar refractivity (Wildman–Crippen MR) is 150 cm³/mol. The van der Waals surface area contributed by atoms with E-state index in [1.165, 1.54) is 72.9 Å². The van der Waals surface area contributed by atoms with Crippen molar-refractivity contribution in [2.45, 2.75) is 90.6 Å². The Balaban J connectivity index is 2.12. The van der Waals surface area contributed by atoms with Crippen molar-refractivity contribution in [3.8, 4) is 0 Å². The predicted octanol–water partition coefficient (Wildman–Crippen LogP) is 6.99. The zero-order valence-electron chi connectivity index (χ0n) is 24.9. The Bertz CT molecular complexity index is 1430. The van der Waals surface area contributed by atoms with E-state index in [4.69, 9.17) is 20.8 Å². The van der Waals surface area contributed by atoms with Crippen molar-refractivity contribution in [3.05, 3.63) is 70.6 Å². The number of nitrogens with zero attached hydrogens (tertiary/aromatic N) is 4. The van der Waals surface area contributed by atoms with E-state index in [9.17, 15) is 14.4 Å². The summed E-state index contributed by atoms with van der Waals surface area (Å²) < 4.78 is 61.6. The van der Waals surface area contributed by atoms with Crippen molar-refractivity contribution >= 4 is 29.7 Å². The molecule has 1 aliphatic rings. The highest BCUT2D eigenvalue weighted by molar-refractivity contribution is 6.06. The standard InChI is InChI=1S/C30H33F3N4O6/c1-17-15-30(24(32)33,36-25(41-17)37(26(39)42-28(2,3)4)27(40)43-29(5,6)7)20-13-18(9-11-21(20)31)14-23(38)22-12-10-19(34-8)16-35-22/h9-13,16-17,24H,14-15H2,1-7H3/t17-,30+/m1/s1. The zero-order chi connectivity index (χ0) is 32.3. The van der Waals surface area contributed by atoms with E-state index in [2.05, 4.69) is 14.8 Å². The van der Waals surface area contributed by atoms with Gasteiger partial charge < -0.3 is 14.2 Å². The summed E-state index contributed by atoms with van der Waals surface area (Å²) in [5, 5.41) is 0. The highest BCUT2D eigenvalue weighted by atomic mass is 19.3. The van der Waals surface area contributed by atoms with E-state index in [1.807, 2.05) is 0 Å². The number of ketones is 1. The molecule has 0 fully saturated rings. The molecule has 2 heterocycles. The van der Waals surface area contributed by atoms with Crippen LogP contribution in [0.3, 0.4) is 0 Å². The van der Waals surface area contributed by atoms with Gasteiger partial charge in [0.2, 0.25) is 5.69 Å². The molecule has 43 heavy (non-hydrogen) atoms. The molecular weight excluding hydrogens is 569 g/mol. The van der Waals surface area contributed by atoms with E-state index in [0.29, 0.717) is 0 Å². The number of hydrogen-bond donors (Lipinski definition) is 0. The summed E-state index contributed by atoms with van der Waals surface area (Å²) in [6.07, 6.45) is -6.63. The van der Waals surface area contributed by atoms with Crippen LogP contribution in [0.15, 0.2) is 41.5 Å². The van der Waals surface area contributed by atoms with Crippen LogP contribution in [-0.2, 0) is 26.2 Å². The van der Waals surface area contributed by atoms with Crippen molar-refractivity contribution in [2.75, 3.05) is 0 Å². The van der Waals surface area contributed by atoms with Crippen LogP contribution in [0.5, 0.6) is 0 Å². The quantitative estimate of drug-likeness (QED) is 0.268. The smallest absolute Gasteiger partial charge is 0.428 e. The number of halogens is 3. The molecule has 1 aromatic carbocycles. The van der Waals surface area contributed by atoms with Crippen molar-refractivity contribution in [1.82, 2.24) is 9.88 Å². The summed E-state index contributed by atoms with van der Waals surface area (Å²) in [7, 11) is 0. The summed E-state index contributed by atoms with van der Waals surface area (Å²) in [5.41, 5.74) is -4.93. The number of rotatable bonds is 5. The van der Waals surface area contributed by atoms with Crippen LogP contribution in [0.2, 0.25) is 0 Å². The van der Waals surface area contributed by atoms with E-state index in [-0.39, 0.29) is 28.3 Å². The van der Waals surface area contributed by atoms with Crippen molar-refractivity contribution in [2.24, 2.45) is 4.99 Å². The number of alkyl halides is 2. The number of ether oxygens (including phenoxy) is 3. The molecule has 1 aliphatic heterocycles. The highest BCUT2D eigenvalue weighted by Gasteiger charge is 2.51. The lowest BCUT2D eigenvalue weighted by Crippen LogP contribution is -2.53. The molecule has 0 spiro atoms. The number of pyridine rings is 1. The number of benzene rings is 1. The first-order valence-electron chi connectivity index (χ1n) is 13.3. The third-order valence-electron chi connectivity index (χ3n) is 5.93. The van der Waals surface area contributed by atoms with Gasteiger partial charge in [0.15, 0.2) is 11.3 Å². The number of amidine groups is 1. The number of aromatic nitrogens is 1. The molecule has 0 saturated heterocycles. The van der Waals surface area contributed by atoms with Crippen LogP contribution in [0, 0.1) is 12.4 Å². The second-order valence-corrected chi connectivity index (χ2v) is 12.0. The highest BCUT2D eigenvalue weighted by Crippen LogP contribution is 2.43. The maximum Gasteiger partial charge on any atom is 0.428 e. The third-order valence-corrected chi connectivity index (χ3v) is 5.93. The van der Waals surface area contributed by atoms with Gasteiger partial charge in [0.05, 0.1) is 6.57 Å². The molecule has 3 rings (SSSR count). The van der Waals surface area contributed by atoms with Crippen LogP contribution in [0.4, 0.5) is 28.4 Å². The fourth-order valence-corrected chi connectivity index (χ4v) is 4.18. The lowest BCUT2D eigenvalue weighted by Gasteiger charge is -2.39. The van der Waals surface area contributed by atoms with Gasteiger partial charge in [0.1, 0.15) is 28.8 Å². The van der Waals surface area contributed by atoms with Crippen molar-refractivity contribution in [3.63, 3.8) is 0 Å². The maximum absolute atomic E-state index is 15.4. The molecule has 0 unspecified atom stereocenters. The summed E-state index contributed by atoms with van der Waals surface area (Å²) in [6, 6.07) is 5.22. The lowest BCUT2D eigenvalue weighted by molar-refractivity contribution is -0.0144. The normalized spacial score (nSPS) is 18.7. The van der Waals surface area contributed by atoms with Gasteiger partial charge in [-0.15, -0.1) is 4.90 Å². The minimum atomic E-state index is -3.34. The number of carbonyl (C=O) groups excluding carboxylic acids is 3. The average molecular weight is 603 g/mol. The summed E-state index contributed by atoms with van der Waals surface area (Å²) in [6.45, 7) is 17.6. The van der Waals surface area contributed by atoms with Gasteiger partial charge in [-0.25, -0.2) is 32.6 Å². The Labute approximate surface area is 247 Å². The molecule has 2 amide bonds. The van der Waals surface area contributed by atoms with Gasteiger partial charge in [-0.1, -0.05) is 12.1 Å². The molecule has 1 aromatic heterocycles. The van der Waals surface area contributed by atoms with Crippen LogP contribution < -0.4 is 0 Å². The van der Waals surface area contributed by atoms with Gasteiger partial charge in [-0.3, -0.25) is 9.78 Å². The summed E-state index contributed by atoms with van der Waals surface area (Å²) in [5.74, 6) is -1.54. The Kier molecular flexibility index (Phi) is 9.53. The van der Waals surface area contributed by atoms with Gasteiger partial charge in [-0.2, -0.15) is 0 Å². The fraction of sp³-hybridized carbons (Fsp3) is 0.467. The molecule has 2 atom stereocenters. The molecular formula is C30H33F3N4O6. The minimum absolute atomic E-state index is 0.0345. The van der Waals surface area contributed by atoms with Crippen LogP contribution in [0.1, 0.15) is 76.5 Å². The topological polar surface area (TPSA) is 112 Å². The number of amides is 2. The first kappa shape index (κ1) is 33.0. The van der Waals surface area contributed by atoms with Gasteiger partial charge in [0.25, 0.3) is 6.43 Å². The van der Waals surface area contributed by atoms with Gasteiger partial charge in [-0.05, 0) is 72.2 Å². The third kappa shape index (κ3) is 8.09. The molecule has 0 saturated carbocycles. The number of Topliss-reactive ketones (excluding diaryl/α,β-unsaturated/α-hetero) is 1. The van der Waals surface area contributed by atoms with Crippen LogP contribution in [-0.4, -0.2) is 57.6 Å². The fourth-order valence-electron chi connectivity index (χ4n) is 4.18. The monoisotopic (exact) mass is 602 g/mol. The molecule has 0 radical (unpaired) electrons. The number of carbonyl (C=O) groups is 3. The Morgan fingerprint density at radius 3 is 2.19 bits per heavy atom. The Morgan fingerprint density at radius 1 is 1.09 bits per heavy atom. The Morgan fingerprint density at radius 2 is 1.70 bits per heavy atom. The van der Waals surface area contributed by atoms with Crippen molar-refractivity contribution < 1.29 is 41.8 Å². The number of imide groups is 1. The second-order valence-electron chi connectivity index (χ2n) is 12.0. The first-order chi connectivity index (χ1) is 19.8. The zero-order valence-corrected chi connectivity index (χ0v) is 24.9. The molecule has 230 valence electrons. The molecule has 10 nitrogen and oxygen atoms in total. The summed E-state index contributed by atoms with van der Waals surface area (Å²) in [4.78, 5) is 50.6.